The summed E-state index contributed by atoms with van der Waals surface area (Å²) in [7, 11) is -3.48. The molecule has 1 aromatic rings. The van der Waals surface area contributed by atoms with Crippen molar-refractivity contribution < 1.29 is 13.5 Å². The fourth-order valence-corrected chi connectivity index (χ4v) is 2.98. The quantitative estimate of drug-likeness (QED) is 0.750. The molecule has 1 heterocycles. The molecule has 0 aromatic carbocycles. The van der Waals surface area contributed by atoms with E-state index in [4.69, 9.17) is 5.11 Å². The molecule has 1 aliphatic carbocycles. The number of hydrogen-bond acceptors (Lipinski definition) is 4. The lowest BCUT2D eigenvalue weighted by molar-refractivity contribution is 0.269. The van der Waals surface area contributed by atoms with Crippen LogP contribution >= 0.6 is 0 Å². The first kappa shape index (κ1) is 13.5. The molecule has 102 valence electrons. The van der Waals surface area contributed by atoms with Gasteiger partial charge in [-0.1, -0.05) is 6.92 Å². The Hall–Kier alpha value is -0.920. The van der Waals surface area contributed by atoms with Crippen LogP contribution < -0.4 is 4.72 Å². The van der Waals surface area contributed by atoms with Gasteiger partial charge in [-0.2, -0.15) is 5.10 Å². The zero-order valence-corrected chi connectivity index (χ0v) is 11.3. The molecule has 0 bridgehead atoms. The normalized spacial score (nSPS) is 17.9. The van der Waals surface area contributed by atoms with Crippen molar-refractivity contribution >= 4 is 10.0 Å². The van der Waals surface area contributed by atoms with Crippen molar-refractivity contribution in [2.45, 2.75) is 37.6 Å². The number of aliphatic hydroxyl groups excluding tert-OH is 1. The van der Waals surface area contributed by atoms with E-state index in [1.165, 1.54) is 17.1 Å². The summed E-state index contributed by atoms with van der Waals surface area (Å²) in [6, 6.07) is 0. The molecule has 1 fully saturated rings. The fraction of sp³-hybridized carbons (Fsp3) is 0.727. The number of rotatable bonds is 7. The summed E-state index contributed by atoms with van der Waals surface area (Å²) in [4.78, 5) is 0.155. The molecule has 0 saturated heterocycles. The third-order valence-electron chi connectivity index (χ3n) is 3.59. The van der Waals surface area contributed by atoms with Crippen LogP contribution in [0.1, 0.15) is 26.2 Å². The van der Waals surface area contributed by atoms with E-state index >= 15 is 0 Å². The van der Waals surface area contributed by atoms with Crippen LogP contribution in [0.5, 0.6) is 0 Å². The van der Waals surface area contributed by atoms with Gasteiger partial charge in [-0.25, -0.2) is 13.1 Å². The average molecular weight is 273 g/mol. The van der Waals surface area contributed by atoms with Crippen molar-refractivity contribution in [1.29, 1.82) is 0 Å². The zero-order valence-electron chi connectivity index (χ0n) is 10.5. The van der Waals surface area contributed by atoms with E-state index in [2.05, 4.69) is 16.7 Å². The summed E-state index contributed by atoms with van der Waals surface area (Å²) >= 11 is 0. The number of aromatic nitrogens is 2. The minimum atomic E-state index is -3.48. The first-order chi connectivity index (χ1) is 8.51. The second-order valence-electron chi connectivity index (χ2n) is 4.84. The number of nitrogens with one attached hydrogen (secondary N) is 1. The lowest BCUT2D eigenvalue weighted by atomic mass is 10.1. The van der Waals surface area contributed by atoms with Gasteiger partial charge in [0.25, 0.3) is 0 Å². The van der Waals surface area contributed by atoms with E-state index in [0.29, 0.717) is 13.1 Å². The number of aliphatic hydroxyl groups is 1. The first-order valence-corrected chi connectivity index (χ1v) is 7.63. The van der Waals surface area contributed by atoms with Crippen LogP contribution in [0.4, 0.5) is 0 Å². The van der Waals surface area contributed by atoms with Gasteiger partial charge in [-0.05, 0) is 24.7 Å². The van der Waals surface area contributed by atoms with Crippen molar-refractivity contribution in [3.05, 3.63) is 12.4 Å². The number of hydrogen-bond donors (Lipinski definition) is 2. The molecule has 6 nitrogen and oxygen atoms in total. The van der Waals surface area contributed by atoms with E-state index in [9.17, 15) is 8.42 Å². The highest BCUT2D eigenvalue weighted by atomic mass is 32.2. The molecule has 0 radical (unpaired) electrons. The first-order valence-electron chi connectivity index (χ1n) is 6.14. The molecule has 0 atom stereocenters. The minimum absolute atomic E-state index is 0.0620. The number of sulfonamides is 1. The SMILES string of the molecule is CCC1(CNS(=O)(=O)c2cnn(CCO)c2)CC1. The maximum Gasteiger partial charge on any atom is 0.243 e. The lowest BCUT2D eigenvalue weighted by Crippen LogP contribution is -2.29. The Morgan fingerprint density at radius 1 is 1.56 bits per heavy atom. The predicted octanol–water partition coefficient (Wildman–Crippen LogP) is 0.344. The van der Waals surface area contributed by atoms with E-state index < -0.39 is 10.0 Å². The maximum atomic E-state index is 12.0. The Morgan fingerprint density at radius 3 is 2.83 bits per heavy atom. The smallest absolute Gasteiger partial charge is 0.243 e. The van der Waals surface area contributed by atoms with Crippen LogP contribution in [-0.4, -0.2) is 36.5 Å². The van der Waals surface area contributed by atoms with E-state index in [0.717, 1.165) is 19.3 Å². The highest BCUT2D eigenvalue weighted by molar-refractivity contribution is 7.89. The molecule has 18 heavy (non-hydrogen) atoms. The maximum absolute atomic E-state index is 12.0. The Labute approximate surface area is 107 Å². The van der Waals surface area contributed by atoms with Crippen LogP contribution in [0.25, 0.3) is 0 Å². The van der Waals surface area contributed by atoms with E-state index in [1.54, 1.807) is 0 Å². The van der Waals surface area contributed by atoms with Gasteiger partial charge in [-0.3, -0.25) is 4.68 Å². The molecule has 1 saturated carbocycles. The predicted molar refractivity (Wildman–Crippen MR) is 66.5 cm³/mol. The van der Waals surface area contributed by atoms with Crippen molar-refractivity contribution in [1.82, 2.24) is 14.5 Å². The Balaban J connectivity index is 2.01. The molecular formula is C11H19N3O3S. The van der Waals surface area contributed by atoms with Gasteiger partial charge in [0, 0.05) is 12.7 Å². The van der Waals surface area contributed by atoms with Crippen LogP contribution in [0.3, 0.4) is 0 Å². The highest BCUT2D eigenvalue weighted by Gasteiger charge is 2.41. The fourth-order valence-electron chi connectivity index (χ4n) is 1.87. The summed E-state index contributed by atoms with van der Waals surface area (Å²) in [5.41, 5.74) is 0.175. The molecule has 1 aromatic heterocycles. The molecule has 2 N–H and O–H groups in total. The van der Waals surface area contributed by atoms with Crippen LogP contribution in [0.15, 0.2) is 17.3 Å². The lowest BCUT2D eigenvalue weighted by Gasteiger charge is -2.12. The second kappa shape index (κ2) is 4.99. The van der Waals surface area contributed by atoms with E-state index in [1.807, 2.05) is 0 Å². The van der Waals surface area contributed by atoms with Gasteiger partial charge in [0.05, 0.1) is 19.3 Å². The molecule has 1 aliphatic rings. The Kier molecular flexibility index (Phi) is 3.74. The largest absolute Gasteiger partial charge is 0.394 e. The molecular weight excluding hydrogens is 254 g/mol. The summed E-state index contributed by atoms with van der Waals surface area (Å²) in [6.45, 7) is 2.82. The van der Waals surface area contributed by atoms with Crippen LogP contribution in [-0.2, 0) is 16.6 Å². The van der Waals surface area contributed by atoms with Gasteiger partial charge >= 0.3 is 0 Å². The van der Waals surface area contributed by atoms with Gasteiger partial charge in [0.1, 0.15) is 4.90 Å². The summed E-state index contributed by atoms with van der Waals surface area (Å²) in [5.74, 6) is 0. The third kappa shape index (κ3) is 2.90. The van der Waals surface area contributed by atoms with Gasteiger partial charge in [0.15, 0.2) is 0 Å². The van der Waals surface area contributed by atoms with Gasteiger partial charge in [0.2, 0.25) is 10.0 Å². The Morgan fingerprint density at radius 2 is 2.28 bits per heavy atom. The molecule has 7 heteroatoms. The average Bonchev–Trinajstić information content (AvgIpc) is 2.98. The standard InChI is InChI=1S/C11H19N3O3S/c1-2-11(3-4-11)9-13-18(16,17)10-7-12-14(8-10)5-6-15/h7-8,13,15H,2-6,9H2,1H3. The van der Waals surface area contributed by atoms with Crippen LogP contribution in [0.2, 0.25) is 0 Å². The van der Waals surface area contributed by atoms with E-state index in [-0.39, 0.29) is 16.9 Å². The summed E-state index contributed by atoms with van der Waals surface area (Å²) in [5, 5.41) is 12.6. The van der Waals surface area contributed by atoms with Crippen molar-refractivity contribution in [3.63, 3.8) is 0 Å². The monoisotopic (exact) mass is 273 g/mol. The van der Waals surface area contributed by atoms with Crippen molar-refractivity contribution in [2.24, 2.45) is 5.41 Å². The molecule has 0 amide bonds. The summed E-state index contributed by atoms with van der Waals surface area (Å²) < 4.78 is 28.1. The molecule has 2 rings (SSSR count). The van der Waals surface area contributed by atoms with Crippen molar-refractivity contribution in [2.75, 3.05) is 13.2 Å². The molecule has 0 aliphatic heterocycles. The number of nitrogens with zero attached hydrogens (tertiary/aromatic N) is 2. The van der Waals surface area contributed by atoms with Crippen LogP contribution in [0, 0.1) is 5.41 Å². The summed E-state index contributed by atoms with van der Waals surface area (Å²) in [6.07, 6.45) is 5.93. The Bertz CT molecular complexity index is 505. The molecule has 0 spiro atoms. The topological polar surface area (TPSA) is 84.2 Å². The van der Waals surface area contributed by atoms with Gasteiger partial charge in [-0.15, -0.1) is 0 Å². The highest BCUT2D eigenvalue weighted by Crippen LogP contribution is 2.48. The molecule has 0 unspecified atom stereocenters. The third-order valence-corrected chi connectivity index (χ3v) is 4.95. The minimum Gasteiger partial charge on any atom is -0.394 e. The second-order valence-corrected chi connectivity index (χ2v) is 6.61. The zero-order chi connectivity index (χ0) is 13.2. The van der Waals surface area contributed by atoms with Gasteiger partial charge < -0.3 is 5.11 Å². The van der Waals surface area contributed by atoms with Crippen molar-refractivity contribution in [3.8, 4) is 0 Å².